The fourth-order valence-electron chi connectivity index (χ4n) is 2.04. The second kappa shape index (κ2) is 5.65. The lowest BCUT2D eigenvalue weighted by Gasteiger charge is -2.10. The average molecular weight is 252 g/mol. The van der Waals surface area contributed by atoms with Crippen molar-refractivity contribution >= 4 is 17.2 Å². The third-order valence-electron chi connectivity index (χ3n) is 3.28. The largest absolute Gasteiger partial charge is 0.350 e. The molecule has 3 nitrogen and oxygen atoms in total. The molecule has 0 fully saturated rings. The standard InChI is InChI=1S/C13H20N2OS/c1-9(14-2)8-15-13(16)12-7-10-5-3-4-6-11(10)17-12/h7,9,14H,3-6,8H2,1-2H3,(H,15,16). The summed E-state index contributed by atoms with van der Waals surface area (Å²) < 4.78 is 0. The molecule has 0 aliphatic heterocycles. The van der Waals surface area contributed by atoms with E-state index in [1.165, 1.54) is 23.3 Å². The molecule has 2 rings (SSSR count). The average Bonchev–Trinajstić information content (AvgIpc) is 2.79. The maximum absolute atomic E-state index is 12.0. The lowest BCUT2D eigenvalue weighted by atomic mass is 9.99. The van der Waals surface area contributed by atoms with Gasteiger partial charge in [-0.1, -0.05) is 0 Å². The first-order valence-electron chi connectivity index (χ1n) is 6.27. The summed E-state index contributed by atoms with van der Waals surface area (Å²) in [6.07, 6.45) is 4.83. The van der Waals surface area contributed by atoms with Gasteiger partial charge in [0.15, 0.2) is 0 Å². The number of carbonyl (C=O) groups is 1. The van der Waals surface area contributed by atoms with Gasteiger partial charge in [-0.25, -0.2) is 0 Å². The summed E-state index contributed by atoms with van der Waals surface area (Å²) >= 11 is 1.67. The van der Waals surface area contributed by atoms with E-state index in [-0.39, 0.29) is 5.91 Å². The Morgan fingerprint density at radius 1 is 1.47 bits per heavy atom. The Hall–Kier alpha value is -0.870. The predicted octanol–water partition coefficient (Wildman–Crippen LogP) is 1.96. The van der Waals surface area contributed by atoms with Crippen molar-refractivity contribution in [2.75, 3.05) is 13.6 Å². The number of thiophene rings is 1. The highest BCUT2D eigenvalue weighted by Gasteiger charge is 2.17. The molecule has 4 heteroatoms. The second-order valence-electron chi connectivity index (χ2n) is 4.67. The van der Waals surface area contributed by atoms with Gasteiger partial charge in [0.1, 0.15) is 0 Å². The molecular weight excluding hydrogens is 232 g/mol. The minimum Gasteiger partial charge on any atom is -0.350 e. The molecule has 1 aromatic rings. The van der Waals surface area contributed by atoms with Crippen LogP contribution in [0.1, 0.15) is 39.9 Å². The van der Waals surface area contributed by atoms with Crippen LogP contribution in [-0.2, 0) is 12.8 Å². The van der Waals surface area contributed by atoms with E-state index in [9.17, 15) is 4.79 Å². The Morgan fingerprint density at radius 3 is 2.94 bits per heavy atom. The molecular formula is C13H20N2OS. The number of nitrogens with one attached hydrogen (secondary N) is 2. The number of hydrogen-bond donors (Lipinski definition) is 2. The maximum atomic E-state index is 12.0. The van der Waals surface area contributed by atoms with Gasteiger partial charge in [0.25, 0.3) is 5.91 Å². The molecule has 1 aromatic heterocycles. The molecule has 2 N–H and O–H groups in total. The van der Waals surface area contributed by atoms with Crippen LogP contribution < -0.4 is 10.6 Å². The summed E-state index contributed by atoms with van der Waals surface area (Å²) in [4.78, 5) is 14.2. The van der Waals surface area contributed by atoms with Crippen LogP contribution in [0.4, 0.5) is 0 Å². The zero-order valence-corrected chi connectivity index (χ0v) is 11.3. The first-order valence-corrected chi connectivity index (χ1v) is 7.09. The predicted molar refractivity (Wildman–Crippen MR) is 71.8 cm³/mol. The maximum Gasteiger partial charge on any atom is 0.261 e. The molecule has 0 radical (unpaired) electrons. The van der Waals surface area contributed by atoms with E-state index in [2.05, 4.69) is 23.6 Å². The highest BCUT2D eigenvalue weighted by Crippen LogP contribution is 2.29. The Labute approximate surface area is 107 Å². The summed E-state index contributed by atoms with van der Waals surface area (Å²) in [6.45, 7) is 2.73. The van der Waals surface area contributed by atoms with E-state index in [1.54, 1.807) is 11.3 Å². The van der Waals surface area contributed by atoms with Crippen LogP contribution in [0.2, 0.25) is 0 Å². The Balaban J connectivity index is 1.97. The van der Waals surface area contributed by atoms with E-state index in [1.807, 2.05) is 7.05 Å². The van der Waals surface area contributed by atoms with Gasteiger partial charge in [0.05, 0.1) is 4.88 Å². The molecule has 0 spiro atoms. The van der Waals surface area contributed by atoms with E-state index < -0.39 is 0 Å². The molecule has 0 saturated carbocycles. The Kier molecular flexibility index (Phi) is 4.18. The van der Waals surface area contributed by atoms with Crippen LogP contribution in [0.25, 0.3) is 0 Å². The van der Waals surface area contributed by atoms with Gasteiger partial charge in [0, 0.05) is 17.5 Å². The molecule has 1 unspecified atom stereocenters. The number of carbonyl (C=O) groups excluding carboxylic acids is 1. The van der Waals surface area contributed by atoms with E-state index in [0.29, 0.717) is 12.6 Å². The van der Waals surface area contributed by atoms with Gasteiger partial charge < -0.3 is 10.6 Å². The van der Waals surface area contributed by atoms with Gasteiger partial charge in [-0.05, 0) is 51.3 Å². The smallest absolute Gasteiger partial charge is 0.261 e. The normalized spacial score (nSPS) is 16.4. The van der Waals surface area contributed by atoms with Gasteiger partial charge in [-0.2, -0.15) is 0 Å². The fourth-order valence-corrected chi connectivity index (χ4v) is 3.21. The summed E-state index contributed by atoms with van der Waals surface area (Å²) in [7, 11) is 1.90. The molecule has 0 aromatic carbocycles. The van der Waals surface area contributed by atoms with Crippen LogP contribution in [0, 0.1) is 0 Å². The Bertz CT molecular complexity index is 377. The molecule has 94 valence electrons. The molecule has 1 aliphatic rings. The third kappa shape index (κ3) is 3.07. The number of likely N-dealkylation sites (N-methyl/N-ethyl adjacent to an activating group) is 1. The van der Waals surface area contributed by atoms with Crippen LogP contribution in [0.3, 0.4) is 0 Å². The van der Waals surface area contributed by atoms with E-state index >= 15 is 0 Å². The van der Waals surface area contributed by atoms with Crippen molar-refractivity contribution < 1.29 is 4.79 Å². The number of fused-ring (bicyclic) bond motifs is 1. The quantitative estimate of drug-likeness (QED) is 0.860. The lowest BCUT2D eigenvalue weighted by Crippen LogP contribution is -2.36. The number of aryl methyl sites for hydroxylation is 2. The van der Waals surface area contributed by atoms with Crippen LogP contribution in [0.15, 0.2) is 6.07 Å². The van der Waals surface area contributed by atoms with Gasteiger partial charge in [-0.3, -0.25) is 4.79 Å². The van der Waals surface area contributed by atoms with Crippen LogP contribution in [0.5, 0.6) is 0 Å². The van der Waals surface area contributed by atoms with Crippen molar-refractivity contribution in [2.45, 2.75) is 38.6 Å². The molecule has 17 heavy (non-hydrogen) atoms. The topological polar surface area (TPSA) is 41.1 Å². The molecule has 1 aliphatic carbocycles. The fraction of sp³-hybridized carbons (Fsp3) is 0.615. The van der Waals surface area contributed by atoms with Crippen molar-refractivity contribution in [1.29, 1.82) is 0 Å². The number of rotatable bonds is 4. The van der Waals surface area contributed by atoms with E-state index in [0.717, 1.165) is 17.7 Å². The monoisotopic (exact) mass is 252 g/mol. The highest BCUT2D eigenvalue weighted by atomic mass is 32.1. The lowest BCUT2D eigenvalue weighted by molar-refractivity contribution is 0.0954. The number of amides is 1. The number of hydrogen-bond acceptors (Lipinski definition) is 3. The van der Waals surface area contributed by atoms with Crippen molar-refractivity contribution in [3.8, 4) is 0 Å². The van der Waals surface area contributed by atoms with Gasteiger partial charge in [0.2, 0.25) is 0 Å². The molecule has 1 atom stereocenters. The highest BCUT2D eigenvalue weighted by molar-refractivity contribution is 7.14. The SMILES string of the molecule is CNC(C)CNC(=O)c1cc2c(s1)CCCC2. The summed E-state index contributed by atoms with van der Waals surface area (Å²) in [5.74, 6) is 0.0755. The van der Waals surface area contributed by atoms with Crippen molar-refractivity contribution in [3.05, 3.63) is 21.4 Å². The molecule has 1 heterocycles. The van der Waals surface area contributed by atoms with Gasteiger partial charge >= 0.3 is 0 Å². The van der Waals surface area contributed by atoms with Crippen molar-refractivity contribution in [2.24, 2.45) is 0 Å². The zero-order valence-electron chi connectivity index (χ0n) is 10.5. The third-order valence-corrected chi connectivity index (χ3v) is 4.52. The first-order chi connectivity index (χ1) is 8.20. The molecule has 0 bridgehead atoms. The summed E-state index contributed by atoms with van der Waals surface area (Å²) in [5.41, 5.74) is 1.40. The zero-order chi connectivity index (χ0) is 12.3. The van der Waals surface area contributed by atoms with Gasteiger partial charge in [-0.15, -0.1) is 11.3 Å². The van der Waals surface area contributed by atoms with Crippen LogP contribution >= 0.6 is 11.3 Å². The summed E-state index contributed by atoms with van der Waals surface area (Å²) in [5, 5.41) is 6.08. The second-order valence-corrected chi connectivity index (χ2v) is 5.80. The molecule has 1 amide bonds. The van der Waals surface area contributed by atoms with Crippen molar-refractivity contribution in [3.63, 3.8) is 0 Å². The van der Waals surface area contributed by atoms with Crippen LogP contribution in [-0.4, -0.2) is 25.5 Å². The minimum absolute atomic E-state index is 0.0755. The first kappa shape index (κ1) is 12.6. The Morgan fingerprint density at radius 2 is 2.24 bits per heavy atom. The molecule has 0 saturated heterocycles. The summed E-state index contributed by atoms with van der Waals surface area (Å²) in [6, 6.07) is 2.40. The van der Waals surface area contributed by atoms with Crippen molar-refractivity contribution in [1.82, 2.24) is 10.6 Å². The minimum atomic E-state index is 0.0755. The van der Waals surface area contributed by atoms with E-state index in [4.69, 9.17) is 0 Å².